The van der Waals surface area contributed by atoms with Gasteiger partial charge < -0.3 is 14.4 Å². The molecule has 1 N–H and O–H groups in total. The predicted molar refractivity (Wildman–Crippen MR) is 114 cm³/mol. The lowest BCUT2D eigenvalue weighted by Gasteiger charge is -2.13. The topological polar surface area (TPSA) is 76.2 Å². The highest BCUT2D eigenvalue weighted by Crippen LogP contribution is 2.39. The third-order valence-corrected chi connectivity index (χ3v) is 4.74. The minimum absolute atomic E-state index is 0.00133. The standard InChI is InChI=1S/C22H24ClN3O3/c1-13(2)12-26-18-8-6-5-7-17(18)20(22(26)28)24-25-21(27)15(4)29-19-10-9-16(23)11-14(19)3/h5-11,13,15,28H,12H2,1-4H3. The Kier molecular flexibility index (Phi) is 6.23. The third-order valence-electron chi connectivity index (χ3n) is 4.50. The summed E-state index contributed by atoms with van der Waals surface area (Å²) < 4.78 is 7.48. The SMILES string of the molecule is Cc1cc(Cl)ccc1OC(C)C(=O)N=Nc1c(O)n(CC(C)C)c2ccccc12. The van der Waals surface area contributed by atoms with Gasteiger partial charge >= 0.3 is 5.91 Å². The van der Waals surface area contributed by atoms with Crippen LogP contribution in [-0.4, -0.2) is 21.7 Å². The van der Waals surface area contributed by atoms with E-state index in [1.54, 1.807) is 29.7 Å². The normalized spacial score (nSPS) is 12.8. The fraction of sp³-hybridized carbons (Fsp3) is 0.318. The van der Waals surface area contributed by atoms with E-state index in [0.717, 1.165) is 16.5 Å². The van der Waals surface area contributed by atoms with Crippen LogP contribution in [0.3, 0.4) is 0 Å². The molecule has 0 saturated heterocycles. The molecular weight excluding hydrogens is 390 g/mol. The quantitative estimate of drug-likeness (QED) is 0.500. The number of ether oxygens (including phenoxy) is 1. The molecule has 3 rings (SSSR count). The van der Waals surface area contributed by atoms with Gasteiger partial charge in [0.15, 0.2) is 11.8 Å². The summed E-state index contributed by atoms with van der Waals surface area (Å²) in [5, 5.41) is 19.9. The Morgan fingerprint density at radius 3 is 2.62 bits per heavy atom. The van der Waals surface area contributed by atoms with Crippen molar-refractivity contribution < 1.29 is 14.6 Å². The third kappa shape index (κ3) is 4.59. The Morgan fingerprint density at radius 1 is 1.21 bits per heavy atom. The van der Waals surface area contributed by atoms with Gasteiger partial charge in [-0.05, 0) is 49.6 Å². The van der Waals surface area contributed by atoms with E-state index in [9.17, 15) is 9.90 Å². The largest absolute Gasteiger partial charge is 0.493 e. The number of benzene rings is 2. The second kappa shape index (κ2) is 8.66. The zero-order chi connectivity index (χ0) is 21.1. The monoisotopic (exact) mass is 413 g/mol. The molecular formula is C22H24ClN3O3. The van der Waals surface area contributed by atoms with Crippen LogP contribution in [0.15, 0.2) is 52.7 Å². The van der Waals surface area contributed by atoms with Crippen molar-refractivity contribution in [3.05, 3.63) is 53.1 Å². The molecule has 0 saturated carbocycles. The molecule has 1 heterocycles. The van der Waals surface area contributed by atoms with Gasteiger partial charge in [-0.3, -0.25) is 4.79 Å². The molecule has 7 heteroatoms. The first kappa shape index (κ1) is 20.9. The predicted octanol–water partition coefficient (Wildman–Crippen LogP) is 6.04. The summed E-state index contributed by atoms with van der Waals surface area (Å²) in [7, 11) is 0. The molecule has 3 aromatic rings. The molecule has 6 nitrogen and oxygen atoms in total. The number of aryl methyl sites for hydroxylation is 1. The molecule has 29 heavy (non-hydrogen) atoms. The molecule has 1 amide bonds. The average Bonchev–Trinajstić information content (AvgIpc) is 2.93. The molecule has 1 aromatic heterocycles. The van der Waals surface area contributed by atoms with Gasteiger partial charge in [-0.1, -0.05) is 43.6 Å². The van der Waals surface area contributed by atoms with E-state index in [2.05, 4.69) is 24.1 Å². The maximum absolute atomic E-state index is 12.4. The molecule has 0 spiro atoms. The molecule has 0 aliphatic rings. The van der Waals surface area contributed by atoms with Crippen LogP contribution in [0.4, 0.5) is 5.69 Å². The molecule has 1 atom stereocenters. The first-order chi connectivity index (χ1) is 13.8. The Morgan fingerprint density at radius 2 is 1.93 bits per heavy atom. The molecule has 0 fully saturated rings. The van der Waals surface area contributed by atoms with Crippen molar-refractivity contribution in [2.75, 3.05) is 0 Å². The minimum Gasteiger partial charge on any atom is -0.493 e. The molecule has 152 valence electrons. The highest BCUT2D eigenvalue weighted by Gasteiger charge is 2.19. The number of carbonyl (C=O) groups excluding carboxylic acids is 1. The lowest BCUT2D eigenvalue weighted by molar-refractivity contribution is -0.124. The van der Waals surface area contributed by atoms with Crippen LogP contribution in [0, 0.1) is 12.8 Å². The summed E-state index contributed by atoms with van der Waals surface area (Å²) >= 11 is 5.95. The molecule has 0 aliphatic carbocycles. The van der Waals surface area contributed by atoms with E-state index in [-0.39, 0.29) is 11.6 Å². The number of fused-ring (bicyclic) bond motifs is 1. The zero-order valence-electron chi connectivity index (χ0n) is 16.9. The maximum Gasteiger partial charge on any atom is 0.304 e. The number of hydrogen-bond acceptors (Lipinski definition) is 4. The Balaban J connectivity index is 1.84. The number of nitrogens with zero attached hydrogens (tertiary/aromatic N) is 3. The van der Waals surface area contributed by atoms with Crippen molar-refractivity contribution in [2.45, 2.75) is 40.3 Å². The average molecular weight is 414 g/mol. The van der Waals surface area contributed by atoms with E-state index in [1.165, 1.54) is 0 Å². The Bertz CT molecular complexity index is 1070. The number of azo groups is 1. The van der Waals surface area contributed by atoms with Gasteiger partial charge in [0.1, 0.15) is 5.75 Å². The molecule has 1 unspecified atom stereocenters. The lowest BCUT2D eigenvalue weighted by Crippen LogP contribution is -2.21. The Labute approximate surface area is 174 Å². The number of carbonyl (C=O) groups is 1. The number of aromatic hydroxyl groups is 1. The van der Waals surface area contributed by atoms with Gasteiger partial charge in [0, 0.05) is 17.0 Å². The van der Waals surface area contributed by atoms with E-state index in [4.69, 9.17) is 16.3 Å². The van der Waals surface area contributed by atoms with Crippen LogP contribution in [0.2, 0.25) is 5.02 Å². The van der Waals surface area contributed by atoms with Gasteiger partial charge in [0.2, 0.25) is 5.88 Å². The van der Waals surface area contributed by atoms with Crippen LogP contribution in [0.5, 0.6) is 11.6 Å². The molecule has 0 bridgehead atoms. The van der Waals surface area contributed by atoms with Crippen molar-refractivity contribution >= 4 is 34.1 Å². The summed E-state index contributed by atoms with van der Waals surface area (Å²) in [6, 6.07) is 12.7. The number of rotatable bonds is 6. The lowest BCUT2D eigenvalue weighted by atomic mass is 10.2. The van der Waals surface area contributed by atoms with Crippen molar-refractivity contribution in [3.8, 4) is 11.6 Å². The van der Waals surface area contributed by atoms with E-state index < -0.39 is 12.0 Å². The van der Waals surface area contributed by atoms with E-state index >= 15 is 0 Å². The van der Waals surface area contributed by atoms with Crippen LogP contribution < -0.4 is 4.74 Å². The number of amides is 1. The smallest absolute Gasteiger partial charge is 0.304 e. The number of hydrogen-bond donors (Lipinski definition) is 1. The van der Waals surface area contributed by atoms with Crippen LogP contribution in [-0.2, 0) is 11.3 Å². The highest BCUT2D eigenvalue weighted by molar-refractivity contribution is 6.30. The summed E-state index contributed by atoms with van der Waals surface area (Å²) in [6.45, 7) is 8.22. The number of aromatic nitrogens is 1. The minimum atomic E-state index is -0.829. The van der Waals surface area contributed by atoms with Crippen molar-refractivity contribution in [3.63, 3.8) is 0 Å². The summed E-state index contributed by atoms with van der Waals surface area (Å²) in [4.78, 5) is 12.4. The Hall–Kier alpha value is -2.86. The maximum atomic E-state index is 12.4. The summed E-state index contributed by atoms with van der Waals surface area (Å²) in [5.41, 5.74) is 1.95. The van der Waals surface area contributed by atoms with Gasteiger partial charge in [-0.2, -0.15) is 0 Å². The van der Waals surface area contributed by atoms with Crippen LogP contribution in [0.1, 0.15) is 26.3 Å². The van der Waals surface area contributed by atoms with Crippen molar-refractivity contribution in [1.82, 2.24) is 4.57 Å². The van der Waals surface area contributed by atoms with Crippen LogP contribution in [0.25, 0.3) is 10.9 Å². The number of para-hydroxylation sites is 1. The molecule has 0 aliphatic heterocycles. The van der Waals surface area contributed by atoms with Crippen molar-refractivity contribution in [2.24, 2.45) is 16.1 Å². The van der Waals surface area contributed by atoms with E-state index in [1.807, 2.05) is 31.2 Å². The number of halogens is 1. The molecule has 0 radical (unpaired) electrons. The first-order valence-corrected chi connectivity index (χ1v) is 9.84. The summed E-state index contributed by atoms with van der Waals surface area (Å²) in [6.07, 6.45) is -0.829. The van der Waals surface area contributed by atoms with Crippen LogP contribution >= 0.6 is 11.6 Å². The second-order valence-corrected chi connectivity index (χ2v) is 7.84. The highest BCUT2D eigenvalue weighted by atomic mass is 35.5. The van der Waals surface area contributed by atoms with Gasteiger partial charge in [0.05, 0.1) is 5.52 Å². The first-order valence-electron chi connectivity index (χ1n) is 9.46. The zero-order valence-corrected chi connectivity index (χ0v) is 17.6. The fourth-order valence-electron chi connectivity index (χ4n) is 3.09. The fourth-order valence-corrected chi connectivity index (χ4v) is 3.31. The second-order valence-electron chi connectivity index (χ2n) is 7.40. The van der Waals surface area contributed by atoms with Gasteiger partial charge in [0.25, 0.3) is 0 Å². The van der Waals surface area contributed by atoms with Gasteiger partial charge in [-0.25, -0.2) is 0 Å². The van der Waals surface area contributed by atoms with Gasteiger partial charge in [-0.15, -0.1) is 10.2 Å². The molecule has 2 aromatic carbocycles. The van der Waals surface area contributed by atoms with Crippen molar-refractivity contribution in [1.29, 1.82) is 0 Å². The summed E-state index contributed by atoms with van der Waals surface area (Å²) in [5.74, 6) is 0.346. The van der Waals surface area contributed by atoms with E-state index in [0.29, 0.717) is 23.2 Å².